The maximum absolute atomic E-state index is 12.0. The smallest absolute Gasteiger partial charge is 0.348 e. The summed E-state index contributed by atoms with van der Waals surface area (Å²) in [6.45, 7) is 2.42. The lowest BCUT2D eigenvalue weighted by atomic mass is 10.1. The predicted octanol–water partition coefficient (Wildman–Crippen LogP) is 2.65. The molecule has 0 aliphatic carbocycles. The van der Waals surface area contributed by atoms with Crippen LogP contribution in [0.25, 0.3) is 0 Å². The van der Waals surface area contributed by atoms with Gasteiger partial charge in [-0.3, -0.25) is 4.79 Å². The third kappa shape index (κ3) is 4.21. The maximum Gasteiger partial charge on any atom is 0.542 e. The first-order chi connectivity index (χ1) is 10.5. The van der Waals surface area contributed by atoms with Crippen molar-refractivity contribution in [2.45, 2.75) is 19.3 Å². The quantitative estimate of drug-likeness (QED) is 0.740. The van der Waals surface area contributed by atoms with Gasteiger partial charge >= 0.3 is 13.9 Å². The lowest BCUT2D eigenvalue weighted by molar-refractivity contribution is 0.0951. The highest BCUT2D eigenvalue weighted by atomic mass is 31.1. The molecule has 0 fully saturated rings. The van der Waals surface area contributed by atoms with Crippen molar-refractivity contribution in [2.24, 2.45) is 0 Å². The van der Waals surface area contributed by atoms with Gasteiger partial charge in [-0.15, -0.1) is 0 Å². The number of hydrogen-bond donors (Lipinski definition) is 3. The van der Waals surface area contributed by atoms with E-state index in [4.69, 9.17) is 4.89 Å². The predicted molar refractivity (Wildman–Crippen MR) is 83.6 cm³/mol. The zero-order chi connectivity index (χ0) is 16.1. The van der Waals surface area contributed by atoms with E-state index in [0.29, 0.717) is 17.7 Å². The van der Waals surface area contributed by atoms with Crippen LogP contribution in [0.3, 0.4) is 0 Å². The third-order valence-corrected chi connectivity index (χ3v) is 3.97. The summed E-state index contributed by atoms with van der Waals surface area (Å²) in [7, 11) is -2.70. The summed E-state index contributed by atoms with van der Waals surface area (Å²) in [5.74, 6) is -1.67. The first kappa shape index (κ1) is 16.3. The van der Waals surface area contributed by atoms with Gasteiger partial charge in [-0.05, 0) is 29.2 Å². The highest BCUT2D eigenvalue weighted by Crippen LogP contribution is 2.34. The normalized spacial score (nSPS) is 12.6. The van der Waals surface area contributed by atoms with Gasteiger partial charge in [0.05, 0.1) is 0 Å². The van der Waals surface area contributed by atoms with Crippen molar-refractivity contribution >= 4 is 13.9 Å². The van der Waals surface area contributed by atoms with Crippen molar-refractivity contribution in [3.63, 3.8) is 0 Å². The molecule has 1 amide bonds. The van der Waals surface area contributed by atoms with Crippen molar-refractivity contribution in [2.75, 3.05) is 0 Å². The van der Waals surface area contributed by atoms with Crippen molar-refractivity contribution in [1.29, 1.82) is 0 Å². The molecule has 2 unspecified atom stereocenters. The molecule has 0 saturated carbocycles. The molecule has 3 N–H and O–H groups in total. The van der Waals surface area contributed by atoms with Crippen LogP contribution in [0.5, 0.6) is 0 Å². The van der Waals surface area contributed by atoms with Gasteiger partial charge in [0.25, 0.3) is 5.91 Å². The van der Waals surface area contributed by atoms with E-state index in [9.17, 15) is 14.5 Å². The van der Waals surface area contributed by atoms with Crippen LogP contribution in [0.4, 0.5) is 0 Å². The Labute approximate surface area is 129 Å². The number of aliphatic hydroxyl groups is 1. The number of rotatable bonds is 5. The fourth-order valence-electron chi connectivity index (χ4n) is 1.92. The summed E-state index contributed by atoms with van der Waals surface area (Å²) in [6.07, 6.45) is 0. The second kappa shape index (κ2) is 7.27. The molecule has 2 aromatic carbocycles. The Hall–Kier alpha value is -2.07. The summed E-state index contributed by atoms with van der Waals surface area (Å²) in [5, 5.41) is 12.3. The molecule has 0 spiro atoms. The number of aryl methyl sites for hydroxylation is 1. The van der Waals surface area contributed by atoms with E-state index < -0.39 is 13.9 Å². The lowest BCUT2D eigenvalue weighted by Crippen LogP contribution is -2.22. The van der Waals surface area contributed by atoms with Crippen molar-refractivity contribution in [1.82, 2.24) is 5.32 Å². The number of carbonyl (C=O) groups is 1. The SMILES string of the molecule is Cc1ccc(CNC(=O)c2ccc(C(O)[P+](=O)O)cc2)cc1. The second-order valence-corrected chi connectivity index (χ2v) is 6.06. The Kier molecular flexibility index (Phi) is 5.39. The summed E-state index contributed by atoms with van der Waals surface area (Å²) in [4.78, 5) is 20.9. The number of nitrogens with one attached hydrogen (secondary N) is 1. The average molecular weight is 318 g/mol. The van der Waals surface area contributed by atoms with Crippen LogP contribution in [0.15, 0.2) is 48.5 Å². The molecule has 0 aromatic heterocycles. The summed E-state index contributed by atoms with van der Waals surface area (Å²) < 4.78 is 10.8. The second-order valence-electron chi connectivity index (χ2n) is 4.97. The Morgan fingerprint density at radius 3 is 2.27 bits per heavy atom. The van der Waals surface area contributed by atoms with Crippen molar-refractivity contribution < 1.29 is 19.4 Å². The molecule has 2 rings (SSSR count). The number of benzene rings is 2. The summed E-state index contributed by atoms with van der Waals surface area (Å²) in [6, 6.07) is 13.8. The van der Waals surface area contributed by atoms with Crippen LogP contribution < -0.4 is 5.32 Å². The standard InChI is InChI=1S/C16H16NO4P/c1-11-2-4-12(5-3-11)10-17-15(18)13-6-8-14(9-7-13)16(19)22(20)21/h2-9,16,19H,10H2,1H3,(H-,17,18,20,21)/p+1. The van der Waals surface area contributed by atoms with Gasteiger partial charge in [0.2, 0.25) is 0 Å². The average Bonchev–Trinajstić information content (AvgIpc) is 2.53. The van der Waals surface area contributed by atoms with E-state index in [-0.39, 0.29) is 5.91 Å². The van der Waals surface area contributed by atoms with Crippen LogP contribution in [-0.4, -0.2) is 15.9 Å². The highest BCUT2D eigenvalue weighted by molar-refractivity contribution is 7.38. The molecule has 114 valence electrons. The number of hydrogen-bond acceptors (Lipinski definition) is 3. The Morgan fingerprint density at radius 2 is 1.73 bits per heavy atom. The minimum absolute atomic E-state index is 0.241. The first-order valence-electron chi connectivity index (χ1n) is 6.74. The largest absolute Gasteiger partial charge is 0.542 e. The maximum atomic E-state index is 12.0. The van der Waals surface area contributed by atoms with E-state index in [0.717, 1.165) is 11.1 Å². The summed E-state index contributed by atoms with van der Waals surface area (Å²) >= 11 is 0. The molecule has 22 heavy (non-hydrogen) atoms. The fourth-order valence-corrected chi connectivity index (χ4v) is 2.35. The molecule has 0 heterocycles. The molecule has 2 aromatic rings. The molecule has 0 bridgehead atoms. The van der Waals surface area contributed by atoms with Crippen LogP contribution in [0, 0.1) is 6.92 Å². The molecular weight excluding hydrogens is 301 g/mol. The lowest BCUT2D eigenvalue weighted by Gasteiger charge is -2.06. The number of aliphatic hydroxyl groups excluding tert-OH is 1. The van der Waals surface area contributed by atoms with Gasteiger partial charge in [0.1, 0.15) is 0 Å². The van der Waals surface area contributed by atoms with Gasteiger partial charge in [-0.25, -0.2) is 0 Å². The van der Waals surface area contributed by atoms with Crippen molar-refractivity contribution in [3.8, 4) is 0 Å². The van der Waals surface area contributed by atoms with E-state index in [1.165, 1.54) is 24.3 Å². The van der Waals surface area contributed by atoms with Gasteiger partial charge < -0.3 is 10.4 Å². The monoisotopic (exact) mass is 318 g/mol. The van der Waals surface area contributed by atoms with Gasteiger partial charge in [-0.1, -0.05) is 42.0 Å². The molecule has 0 saturated heterocycles. The Balaban J connectivity index is 1.98. The van der Waals surface area contributed by atoms with Crippen LogP contribution in [-0.2, 0) is 11.1 Å². The van der Waals surface area contributed by atoms with E-state index in [2.05, 4.69) is 5.32 Å². The minimum Gasteiger partial charge on any atom is -0.348 e. The van der Waals surface area contributed by atoms with Crippen LogP contribution in [0.1, 0.15) is 32.9 Å². The minimum atomic E-state index is -2.70. The third-order valence-electron chi connectivity index (χ3n) is 3.25. The van der Waals surface area contributed by atoms with Crippen LogP contribution >= 0.6 is 8.03 Å². The molecule has 5 nitrogen and oxygen atoms in total. The molecule has 0 aliphatic heterocycles. The van der Waals surface area contributed by atoms with E-state index in [1.807, 2.05) is 31.2 Å². The van der Waals surface area contributed by atoms with Gasteiger partial charge in [-0.2, -0.15) is 4.89 Å². The Bertz CT molecular complexity index is 668. The molecular formula is C16H17NO4P+. The molecule has 0 aliphatic rings. The molecule has 6 heteroatoms. The van der Waals surface area contributed by atoms with E-state index >= 15 is 0 Å². The Morgan fingerprint density at radius 1 is 1.14 bits per heavy atom. The first-order valence-corrected chi connectivity index (χ1v) is 8.02. The summed E-state index contributed by atoms with van der Waals surface area (Å²) in [5.41, 5.74) is 2.89. The number of carbonyl (C=O) groups excluding carboxylic acids is 1. The van der Waals surface area contributed by atoms with Gasteiger partial charge in [0, 0.05) is 17.7 Å². The van der Waals surface area contributed by atoms with Crippen molar-refractivity contribution in [3.05, 3.63) is 70.8 Å². The van der Waals surface area contributed by atoms with E-state index in [1.54, 1.807) is 0 Å². The zero-order valence-electron chi connectivity index (χ0n) is 12.1. The fraction of sp³-hybridized carbons (Fsp3) is 0.188. The molecule has 0 radical (unpaired) electrons. The van der Waals surface area contributed by atoms with Crippen LogP contribution in [0.2, 0.25) is 0 Å². The molecule has 2 atom stereocenters. The highest BCUT2D eigenvalue weighted by Gasteiger charge is 2.27. The zero-order valence-corrected chi connectivity index (χ0v) is 13.0. The topological polar surface area (TPSA) is 86.6 Å². The number of amides is 1. The van der Waals surface area contributed by atoms with Gasteiger partial charge in [0.15, 0.2) is 0 Å².